The lowest BCUT2D eigenvalue weighted by molar-refractivity contribution is -0.163. The topological polar surface area (TPSA) is 38.3 Å². The summed E-state index contributed by atoms with van der Waals surface area (Å²) in [6.45, 7) is 3.04. The van der Waals surface area contributed by atoms with Gasteiger partial charge in [0.2, 0.25) is 0 Å². The lowest BCUT2D eigenvalue weighted by Crippen LogP contribution is -2.44. The molecular weight excluding hydrogens is 410 g/mol. The molecule has 1 saturated heterocycles. The molecule has 122 valence electrons. The zero-order valence-corrected chi connectivity index (χ0v) is 14.2. The van der Waals surface area contributed by atoms with Gasteiger partial charge in [-0.05, 0) is 37.7 Å². The van der Waals surface area contributed by atoms with Gasteiger partial charge in [-0.2, -0.15) is 13.2 Å². The van der Waals surface area contributed by atoms with Gasteiger partial charge in [0, 0.05) is 12.8 Å². The van der Waals surface area contributed by atoms with Gasteiger partial charge in [0.25, 0.3) is 0 Å². The summed E-state index contributed by atoms with van der Waals surface area (Å²) in [4.78, 5) is 12.0. The zero-order valence-electron chi connectivity index (χ0n) is 12.0. The Labute approximate surface area is 140 Å². The average Bonchev–Trinajstić information content (AvgIpc) is 2.47. The summed E-state index contributed by atoms with van der Waals surface area (Å²) in [5.74, 6) is -0.345. The van der Waals surface area contributed by atoms with E-state index in [1.54, 1.807) is 6.92 Å². The molecule has 1 N–H and O–H groups in total. The monoisotopic (exact) mass is 427 g/mol. The first kappa shape index (κ1) is 17.5. The highest BCUT2D eigenvalue weighted by Crippen LogP contribution is 2.37. The Morgan fingerprint density at radius 1 is 1.27 bits per heavy atom. The number of ether oxygens (including phenoxy) is 1. The molecule has 1 fully saturated rings. The van der Waals surface area contributed by atoms with Crippen molar-refractivity contribution in [3.05, 3.63) is 35.4 Å². The second-order valence-electron chi connectivity index (χ2n) is 5.36. The van der Waals surface area contributed by atoms with Gasteiger partial charge in [0.1, 0.15) is 9.53 Å². The van der Waals surface area contributed by atoms with Crippen LogP contribution in [0.25, 0.3) is 0 Å². The van der Waals surface area contributed by atoms with E-state index in [2.05, 4.69) is 5.32 Å². The maximum Gasteiger partial charge on any atom is 0.416 e. The van der Waals surface area contributed by atoms with Crippen molar-refractivity contribution in [1.29, 1.82) is 0 Å². The van der Waals surface area contributed by atoms with Crippen LogP contribution < -0.4 is 5.32 Å². The SMILES string of the molecule is CC(I)C(=O)OC1(c2ccc(C(F)(F)F)cc2)CCNCC1. The van der Waals surface area contributed by atoms with Crippen molar-refractivity contribution in [1.82, 2.24) is 5.32 Å². The Kier molecular flexibility index (Phi) is 5.37. The number of carbonyl (C=O) groups is 1. The van der Waals surface area contributed by atoms with E-state index in [1.807, 2.05) is 22.6 Å². The van der Waals surface area contributed by atoms with Crippen molar-refractivity contribution >= 4 is 28.6 Å². The molecule has 0 saturated carbocycles. The quantitative estimate of drug-likeness (QED) is 0.455. The van der Waals surface area contributed by atoms with Gasteiger partial charge >= 0.3 is 12.1 Å². The van der Waals surface area contributed by atoms with Crippen LogP contribution in [0.3, 0.4) is 0 Å². The summed E-state index contributed by atoms with van der Waals surface area (Å²) < 4.78 is 43.4. The van der Waals surface area contributed by atoms with E-state index in [1.165, 1.54) is 12.1 Å². The molecule has 0 radical (unpaired) electrons. The van der Waals surface area contributed by atoms with E-state index in [9.17, 15) is 18.0 Å². The van der Waals surface area contributed by atoms with Crippen LogP contribution >= 0.6 is 22.6 Å². The van der Waals surface area contributed by atoms with Crippen molar-refractivity contribution in [2.75, 3.05) is 13.1 Å². The summed E-state index contributed by atoms with van der Waals surface area (Å²) in [6.07, 6.45) is -3.27. The van der Waals surface area contributed by atoms with Crippen molar-refractivity contribution in [2.45, 2.75) is 35.5 Å². The molecule has 2 rings (SSSR count). The van der Waals surface area contributed by atoms with Crippen LogP contribution in [-0.4, -0.2) is 23.0 Å². The summed E-state index contributed by atoms with van der Waals surface area (Å²) in [7, 11) is 0. The zero-order chi connectivity index (χ0) is 16.4. The van der Waals surface area contributed by atoms with E-state index < -0.39 is 17.3 Å². The molecule has 1 aliphatic heterocycles. The molecule has 0 bridgehead atoms. The van der Waals surface area contributed by atoms with Crippen LogP contribution in [0.15, 0.2) is 24.3 Å². The molecule has 1 atom stereocenters. The number of benzene rings is 1. The lowest BCUT2D eigenvalue weighted by Gasteiger charge is -2.38. The van der Waals surface area contributed by atoms with Crippen LogP contribution in [0.1, 0.15) is 30.9 Å². The standard InChI is InChI=1S/C15H17F3INO2/c1-10(19)13(21)22-14(6-8-20-9-7-14)11-2-4-12(5-3-11)15(16,17)18/h2-5,10,20H,6-9H2,1H3. The highest BCUT2D eigenvalue weighted by molar-refractivity contribution is 14.1. The summed E-state index contributed by atoms with van der Waals surface area (Å²) in [5, 5.41) is 3.17. The van der Waals surface area contributed by atoms with Crippen molar-refractivity contribution in [2.24, 2.45) is 0 Å². The van der Waals surface area contributed by atoms with Crippen LogP contribution in [0.4, 0.5) is 13.2 Å². The average molecular weight is 427 g/mol. The number of alkyl halides is 4. The Morgan fingerprint density at radius 3 is 2.27 bits per heavy atom. The Bertz CT molecular complexity index is 523. The Morgan fingerprint density at radius 2 is 1.82 bits per heavy atom. The molecule has 0 aliphatic carbocycles. The number of rotatable bonds is 3. The van der Waals surface area contributed by atoms with Gasteiger partial charge in [-0.1, -0.05) is 34.7 Å². The van der Waals surface area contributed by atoms with Gasteiger partial charge < -0.3 is 10.1 Å². The second kappa shape index (κ2) is 6.74. The minimum atomic E-state index is -4.37. The molecule has 22 heavy (non-hydrogen) atoms. The van der Waals surface area contributed by atoms with E-state index >= 15 is 0 Å². The fourth-order valence-corrected chi connectivity index (χ4v) is 2.64. The van der Waals surface area contributed by atoms with E-state index in [0.29, 0.717) is 31.5 Å². The molecule has 0 amide bonds. The minimum absolute atomic E-state index is 0.307. The predicted octanol–water partition coefficient (Wildman–Crippen LogP) is 3.65. The third-order valence-electron chi connectivity index (χ3n) is 3.77. The predicted molar refractivity (Wildman–Crippen MR) is 84.8 cm³/mol. The first-order chi connectivity index (χ1) is 10.2. The maximum atomic E-state index is 12.7. The largest absolute Gasteiger partial charge is 0.453 e. The fraction of sp³-hybridized carbons (Fsp3) is 0.533. The molecule has 0 aromatic heterocycles. The van der Waals surface area contributed by atoms with Crippen LogP contribution in [0.2, 0.25) is 0 Å². The number of carbonyl (C=O) groups excluding carboxylic acids is 1. The molecule has 3 nitrogen and oxygen atoms in total. The minimum Gasteiger partial charge on any atom is -0.453 e. The number of esters is 1. The Balaban J connectivity index is 2.31. The van der Waals surface area contributed by atoms with Crippen LogP contribution in [-0.2, 0) is 21.3 Å². The van der Waals surface area contributed by atoms with Crippen molar-refractivity contribution in [3.63, 3.8) is 0 Å². The first-order valence-corrected chi connectivity index (χ1v) is 8.24. The van der Waals surface area contributed by atoms with Gasteiger partial charge in [0.15, 0.2) is 0 Å². The van der Waals surface area contributed by atoms with E-state index in [0.717, 1.165) is 12.1 Å². The third kappa shape index (κ3) is 3.92. The normalized spacial score (nSPS) is 19.5. The van der Waals surface area contributed by atoms with E-state index in [4.69, 9.17) is 4.74 Å². The number of nitrogens with one attached hydrogen (secondary N) is 1. The van der Waals surface area contributed by atoms with Crippen LogP contribution in [0.5, 0.6) is 0 Å². The highest BCUT2D eigenvalue weighted by Gasteiger charge is 2.39. The highest BCUT2D eigenvalue weighted by atomic mass is 127. The first-order valence-electron chi connectivity index (χ1n) is 7.00. The molecule has 0 spiro atoms. The fourth-order valence-electron chi connectivity index (χ4n) is 2.52. The molecule has 1 aromatic rings. The van der Waals surface area contributed by atoms with Gasteiger partial charge in [-0.25, -0.2) is 0 Å². The number of hydrogen-bond acceptors (Lipinski definition) is 3. The summed E-state index contributed by atoms with van der Waals surface area (Å²) in [6, 6.07) is 4.92. The van der Waals surface area contributed by atoms with Crippen molar-refractivity contribution in [3.8, 4) is 0 Å². The van der Waals surface area contributed by atoms with E-state index in [-0.39, 0.29) is 9.89 Å². The van der Waals surface area contributed by atoms with Crippen molar-refractivity contribution < 1.29 is 22.7 Å². The number of hydrogen-bond donors (Lipinski definition) is 1. The number of piperidine rings is 1. The summed E-state index contributed by atoms with van der Waals surface area (Å²) in [5.41, 5.74) is -0.923. The van der Waals surface area contributed by atoms with Gasteiger partial charge in [0.05, 0.1) is 5.56 Å². The second-order valence-corrected chi connectivity index (χ2v) is 7.22. The molecule has 1 heterocycles. The molecule has 1 aromatic carbocycles. The smallest absolute Gasteiger partial charge is 0.416 e. The Hall–Kier alpha value is -0.830. The number of halogens is 4. The maximum absolute atomic E-state index is 12.7. The third-order valence-corrected chi connectivity index (χ3v) is 4.28. The molecular formula is C15H17F3INO2. The molecule has 1 aliphatic rings. The summed E-state index contributed by atoms with van der Waals surface area (Å²) >= 11 is 1.97. The lowest BCUT2D eigenvalue weighted by atomic mass is 9.84. The molecule has 1 unspecified atom stereocenters. The molecule has 7 heteroatoms. The van der Waals surface area contributed by atoms with Gasteiger partial charge in [-0.15, -0.1) is 0 Å². The van der Waals surface area contributed by atoms with Crippen LogP contribution in [0, 0.1) is 0 Å². The van der Waals surface area contributed by atoms with Gasteiger partial charge in [-0.3, -0.25) is 4.79 Å².